The van der Waals surface area contributed by atoms with Crippen molar-refractivity contribution < 1.29 is 9.90 Å². The van der Waals surface area contributed by atoms with Crippen LogP contribution in [0.25, 0.3) is 17.5 Å². The van der Waals surface area contributed by atoms with Crippen LogP contribution in [0.4, 0.5) is 0 Å². The van der Waals surface area contributed by atoms with E-state index in [0.717, 1.165) is 17.4 Å². The van der Waals surface area contributed by atoms with Crippen molar-refractivity contribution >= 4 is 17.7 Å². The standard InChI is InChI=1S/C14H12N4O2/c1-10-7-9-18(16-10)14-11(5-6-13(19)20)17-8-3-2-4-12(17)15-14/h2-9H,1H3,(H,19,20). The molecule has 0 bridgehead atoms. The first kappa shape index (κ1) is 12.2. The lowest BCUT2D eigenvalue weighted by Crippen LogP contribution is -1.99. The summed E-state index contributed by atoms with van der Waals surface area (Å²) in [5.41, 5.74) is 2.28. The number of nitrogens with zero attached hydrogens (tertiary/aromatic N) is 4. The summed E-state index contributed by atoms with van der Waals surface area (Å²) in [5, 5.41) is 13.1. The Balaban J connectivity index is 2.24. The van der Waals surface area contributed by atoms with Crippen LogP contribution in [0.1, 0.15) is 11.4 Å². The third-order valence-corrected chi connectivity index (χ3v) is 2.87. The second-order valence-electron chi connectivity index (χ2n) is 4.32. The van der Waals surface area contributed by atoms with E-state index in [0.29, 0.717) is 11.5 Å². The SMILES string of the molecule is Cc1ccn(-c2nc3ccccn3c2C=CC(=O)O)n1. The summed E-state index contributed by atoms with van der Waals surface area (Å²) in [6.45, 7) is 1.89. The van der Waals surface area contributed by atoms with E-state index in [1.807, 2.05) is 41.8 Å². The van der Waals surface area contributed by atoms with Crippen molar-refractivity contribution in [1.29, 1.82) is 0 Å². The largest absolute Gasteiger partial charge is 0.478 e. The number of hydrogen-bond donors (Lipinski definition) is 1. The number of fused-ring (bicyclic) bond motifs is 1. The fourth-order valence-corrected chi connectivity index (χ4v) is 2.01. The molecule has 20 heavy (non-hydrogen) atoms. The van der Waals surface area contributed by atoms with Crippen LogP contribution >= 0.6 is 0 Å². The maximum absolute atomic E-state index is 10.7. The normalized spacial score (nSPS) is 11.4. The molecule has 0 amide bonds. The molecule has 0 saturated heterocycles. The molecule has 3 aromatic heterocycles. The van der Waals surface area contributed by atoms with Crippen molar-refractivity contribution in [3.8, 4) is 5.82 Å². The number of carbonyl (C=O) groups is 1. The van der Waals surface area contributed by atoms with Gasteiger partial charge >= 0.3 is 5.97 Å². The Morgan fingerprint density at radius 2 is 2.15 bits per heavy atom. The van der Waals surface area contributed by atoms with Gasteiger partial charge in [-0.25, -0.2) is 14.5 Å². The first-order chi connectivity index (χ1) is 9.65. The van der Waals surface area contributed by atoms with Crippen molar-refractivity contribution in [3.05, 3.63) is 54.1 Å². The molecule has 100 valence electrons. The summed E-state index contributed by atoms with van der Waals surface area (Å²) in [4.78, 5) is 15.2. The molecule has 3 aromatic rings. The molecule has 3 rings (SSSR count). The van der Waals surface area contributed by atoms with Crippen molar-refractivity contribution in [2.24, 2.45) is 0 Å². The first-order valence-corrected chi connectivity index (χ1v) is 6.06. The van der Waals surface area contributed by atoms with Crippen molar-refractivity contribution in [2.75, 3.05) is 0 Å². The molecule has 0 aliphatic rings. The van der Waals surface area contributed by atoms with Gasteiger partial charge < -0.3 is 5.11 Å². The summed E-state index contributed by atoms with van der Waals surface area (Å²) >= 11 is 0. The zero-order valence-electron chi connectivity index (χ0n) is 10.8. The summed E-state index contributed by atoms with van der Waals surface area (Å²) < 4.78 is 3.47. The van der Waals surface area contributed by atoms with E-state index in [2.05, 4.69) is 10.1 Å². The van der Waals surface area contributed by atoms with Gasteiger partial charge in [0.15, 0.2) is 5.82 Å². The van der Waals surface area contributed by atoms with E-state index in [4.69, 9.17) is 5.11 Å². The van der Waals surface area contributed by atoms with E-state index >= 15 is 0 Å². The number of aromatic nitrogens is 4. The second-order valence-corrected chi connectivity index (χ2v) is 4.32. The average Bonchev–Trinajstić information content (AvgIpc) is 2.99. The lowest BCUT2D eigenvalue weighted by molar-refractivity contribution is -0.131. The number of carboxylic acids is 1. The Morgan fingerprint density at radius 3 is 2.85 bits per heavy atom. The maximum Gasteiger partial charge on any atom is 0.328 e. The second kappa shape index (κ2) is 4.65. The molecule has 0 unspecified atom stereocenters. The van der Waals surface area contributed by atoms with Gasteiger partial charge in [-0.2, -0.15) is 5.10 Å². The van der Waals surface area contributed by atoms with E-state index in [9.17, 15) is 4.79 Å². The number of imidazole rings is 1. The Bertz CT molecular complexity index is 814. The summed E-state index contributed by atoms with van der Waals surface area (Å²) in [5.74, 6) is -0.403. The van der Waals surface area contributed by atoms with Gasteiger partial charge in [0.25, 0.3) is 0 Å². The van der Waals surface area contributed by atoms with Crippen molar-refractivity contribution in [2.45, 2.75) is 6.92 Å². The highest BCUT2D eigenvalue weighted by atomic mass is 16.4. The van der Waals surface area contributed by atoms with Gasteiger partial charge in [0, 0.05) is 18.5 Å². The minimum Gasteiger partial charge on any atom is -0.478 e. The fourth-order valence-electron chi connectivity index (χ4n) is 2.01. The number of aliphatic carboxylic acids is 1. The fraction of sp³-hybridized carbons (Fsp3) is 0.0714. The Labute approximate surface area is 114 Å². The van der Waals surface area contributed by atoms with Gasteiger partial charge in [-0.1, -0.05) is 6.07 Å². The molecular weight excluding hydrogens is 256 g/mol. The molecule has 0 saturated carbocycles. The first-order valence-electron chi connectivity index (χ1n) is 6.06. The number of pyridine rings is 1. The third-order valence-electron chi connectivity index (χ3n) is 2.87. The van der Waals surface area contributed by atoms with Gasteiger partial charge in [-0.3, -0.25) is 4.40 Å². The molecule has 0 radical (unpaired) electrons. The van der Waals surface area contributed by atoms with Crippen LogP contribution < -0.4 is 0 Å². The smallest absolute Gasteiger partial charge is 0.328 e. The molecule has 6 nitrogen and oxygen atoms in total. The van der Waals surface area contributed by atoms with Crippen LogP contribution in [0.2, 0.25) is 0 Å². The molecule has 6 heteroatoms. The number of hydrogen-bond acceptors (Lipinski definition) is 3. The number of rotatable bonds is 3. The predicted molar refractivity (Wildman–Crippen MR) is 73.7 cm³/mol. The highest BCUT2D eigenvalue weighted by Crippen LogP contribution is 2.18. The molecule has 0 aliphatic carbocycles. The van der Waals surface area contributed by atoms with Crippen LogP contribution in [-0.2, 0) is 4.79 Å². The Hall–Kier alpha value is -2.89. The molecule has 1 N–H and O–H groups in total. The van der Waals surface area contributed by atoms with E-state index < -0.39 is 5.97 Å². The van der Waals surface area contributed by atoms with E-state index in [1.54, 1.807) is 10.9 Å². The summed E-state index contributed by atoms with van der Waals surface area (Å²) in [7, 11) is 0. The van der Waals surface area contributed by atoms with E-state index in [-0.39, 0.29) is 0 Å². The Kier molecular flexibility index (Phi) is 2.83. The molecule has 0 aromatic carbocycles. The topological polar surface area (TPSA) is 72.4 Å². The highest BCUT2D eigenvalue weighted by molar-refractivity contribution is 5.85. The lowest BCUT2D eigenvalue weighted by atomic mass is 10.3. The maximum atomic E-state index is 10.7. The molecular formula is C14H12N4O2. The average molecular weight is 268 g/mol. The highest BCUT2D eigenvalue weighted by Gasteiger charge is 2.12. The van der Waals surface area contributed by atoms with Crippen LogP contribution in [0.3, 0.4) is 0 Å². The molecule has 0 fully saturated rings. The minimum atomic E-state index is -1.00. The monoisotopic (exact) mass is 268 g/mol. The van der Waals surface area contributed by atoms with Crippen LogP contribution in [0.15, 0.2) is 42.7 Å². The van der Waals surface area contributed by atoms with Crippen molar-refractivity contribution in [1.82, 2.24) is 19.2 Å². The van der Waals surface area contributed by atoms with E-state index in [1.165, 1.54) is 6.08 Å². The van der Waals surface area contributed by atoms with Gasteiger partial charge in [-0.15, -0.1) is 0 Å². The van der Waals surface area contributed by atoms with Gasteiger partial charge in [0.1, 0.15) is 5.65 Å². The van der Waals surface area contributed by atoms with Crippen LogP contribution in [0.5, 0.6) is 0 Å². The van der Waals surface area contributed by atoms with Crippen LogP contribution in [-0.4, -0.2) is 30.2 Å². The summed E-state index contributed by atoms with van der Waals surface area (Å²) in [6.07, 6.45) is 6.25. The van der Waals surface area contributed by atoms with Gasteiger partial charge in [0.05, 0.1) is 11.4 Å². The van der Waals surface area contributed by atoms with Crippen LogP contribution in [0, 0.1) is 6.92 Å². The number of aryl methyl sites for hydroxylation is 1. The molecule has 0 atom stereocenters. The quantitative estimate of drug-likeness (QED) is 0.737. The zero-order chi connectivity index (χ0) is 14.1. The number of carboxylic acid groups (broad SMARTS) is 1. The minimum absolute atomic E-state index is 0.599. The van der Waals surface area contributed by atoms with Gasteiger partial charge in [-0.05, 0) is 31.2 Å². The zero-order valence-corrected chi connectivity index (χ0v) is 10.8. The molecule has 0 aliphatic heterocycles. The molecule has 0 spiro atoms. The lowest BCUT2D eigenvalue weighted by Gasteiger charge is -1.99. The van der Waals surface area contributed by atoms with Gasteiger partial charge in [0.2, 0.25) is 0 Å². The predicted octanol–water partition coefficient (Wildman–Crippen LogP) is 1.93. The molecule has 3 heterocycles. The summed E-state index contributed by atoms with van der Waals surface area (Å²) in [6, 6.07) is 7.47. The third kappa shape index (κ3) is 2.07. The Morgan fingerprint density at radius 1 is 1.30 bits per heavy atom. The van der Waals surface area contributed by atoms with Crippen molar-refractivity contribution in [3.63, 3.8) is 0 Å².